The van der Waals surface area contributed by atoms with Gasteiger partial charge in [-0.15, -0.1) is 0 Å². The van der Waals surface area contributed by atoms with Crippen LogP contribution in [0.15, 0.2) is 35.3 Å². The number of hydrogen-bond acceptors (Lipinski definition) is 6. The van der Waals surface area contributed by atoms with E-state index in [4.69, 9.17) is 22.3 Å². The molecular weight excluding hydrogens is 430 g/mol. The number of aliphatic imine (C=N–C) groups is 1. The molecule has 0 aliphatic heterocycles. The van der Waals surface area contributed by atoms with Gasteiger partial charge in [-0.05, 0) is 32.3 Å². The lowest BCUT2D eigenvalue weighted by Gasteiger charge is -2.23. The topological polar surface area (TPSA) is 215 Å². The minimum atomic E-state index is -1.21. The Morgan fingerprint density at radius 2 is 1.55 bits per heavy atom. The van der Waals surface area contributed by atoms with E-state index in [-0.39, 0.29) is 12.4 Å². The van der Waals surface area contributed by atoms with Crippen molar-refractivity contribution in [3.63, 3.8) is 0 Å². The van der Waals surface area contributed by atoms with Gasteiger partial charge >= 0.3 is 5.97 Å². The quantitative estimate of drug-likeness (QED) is 0.100. The first-order valence-electron chi connectivity index (χ1n) is 10.5. The van der Waals surface area contributed by atoms with E-state index in [1.165, 1.54) is 13.8 Å². The highest BCUT2D eigenvalue weighted by atomic mass is 16.4. The second-order valence-electron chi connectivity index (χ2n) is 7.60. The standard InChI is InChI=1S/C21H33N7O5/c1-12(26-18(30)15(22)9-6-10-25-21(23)24)17(29)28-16(11-14-7-4-3-5-8-14)19(31)27-13(2)20(32)33/h3-5,7-8,12-13,15-16H,6,9-11,22H2,1-2H3,(H,26,30)(H,27,31)(H,28,29)(H,32,33)(H4,23,24,25). The van der Waals surface area contributed by atoms with Crippen molar-refractivity contribution >= 4 is 29.7 Å². The van der Waals surface area contributed by atoms with Gasteiger partial charge in [0, 0.05) is 13.0 Å². The molecule has 4 unspecified atom stereocenters. The second kappa shape index (κ2) is 13.7. The number of guanidine groups is 1. The van der Waals surface area contributed by atoms with Crippen molar-refractivity contribution in [3.05, 3.63) is 35.9 Å². The maximum Gasteiger partial charge on any atom is 0.325 e. The van der Waals surface area contributed by atoms with Crippen LogP contribution >= 0.6 is 0 Å². The van der Waals surface area contributed by atoms with Crippen LogP contribution in [0.4, 0.5) is 0 Å². The number of carboxylic acid groups (broad SMARTS) is 1. The average molecular weight is 464 g/mol. The van der Waals surface area contributed by atoms with Crippen molar-refractivity contribution in [1.29, 1.82) is 0 Å². The third kappa shape index (κ3) is 10.5. The number of hydrogen-bond donors (Lipinski definition) is 7. The highest BCUT2D eigenvalue weighted by molar-refractivity contribution is 5.94. The van der Waals surface area contributed by atoms with Gasteiger partial charge in [0.05, 0.1) is 6.04 Å². The molecule has 33 heavy (non-hydrogen) atoms. The van der Waals surface area contributed by atoms with Crippen LogP contribution in [0.1, 0.15) is 32.3 Å². The van der Waals surface area contributed by atoms with Gasteiger partial charge in [0.2, 0.25) is 17.7 Å². The van der Waals surface area contributed by atoms with Crippen LogP contribution in [-0.4, -0.2) is 65.5 Å². The zero-order valence-electron chi connectivity index (χ0n) is 18.8. The predicted octanol–water partition coefficient (Wildman–Crippen LogP) is -1.81. The Morgan fingerprint density at radius 1 is 0.939 bits per heavy atom. The first-order valence-corrected chi connectivity index (χ1v) is 10.5. The molecule has 1 aromatic carbocycles. The summed E-state index contributed by atoms with van der Waals surface area (Å²) in [5, 5.41) is 16.5. The summed E-state index contributed by atoms with van der Waals surface area (Å²) >= 11 is 0. The van der Waals surface area contributed by atoms with Crippen molar-refractivity contribution in [2.75, 3.05) is 6.54 Å². The largest absolute Gasteiger partial charge is 0.480 e. The van der Waals surface area contributed by atoms with Gasteiger partial charge in [0.15, 0.2) is 5.96 Å². The number of amides is 3. The van der Waals surface area contributed by atoms with E-state index in [2.05, 4.69) is 20.9 Å². The van der Waals surface area contributed by atoms with Crippen LogP contribution in [0.2, 0.25) is 0 Å². The summed E-state index contributed by atoms with van der Waals surface area (Å²) in [4.78, 5) is 52.4. The number of carboxylic acids is 1. The summed E-state index contributed by atoms with van der Waals surface area (Å²) in [7, 11) is 0. The van der Waals surface area contributed by atoms with Gasteiger partial charge in [0.25, 0.3) is 0 Å². The fourth-order valence-corrected chi connectivity index (χ4v) is 2.77. The van der Waals surface area contributed by atoms with E-state index in [9.17, 15) is 19.2 Å². The van der Waals surface area contributed by atoms with E-state index < -0.39 is 47.9 Å². The summed E-state index contributed by atoms with van der Waals surface area (Å²) in [6, 6.07) is 4.89. The SMILES string of the molecule is CC(NC(=O)C(Cc1ccccc1)NC(=O)C(C)NC(=O)C(N)CCCN=C(N)N)C(=O)O. The van der Waals surface area contributed by atoms with Crippen LogP contribution in [0.25, 0.3) is 0 Å². The number of carbonyl (C=O) groups excluding carboxylic acids is 3. The summed E-state index contributed by atoms with van der Waals surface area (Å²) in [6.07, 6.45) is 0.924. The van der Waals surface area contributed by atoms with E-state index in [1.807, 2.05) is 6.07 Å². The minimum Gasteiger partial charge on any atom is -0.480 e. The molecule has 12 heteroatoms. The van der Waals surface area contributed by atoms with E-state index in [1.54, 1.807) is 24.3 Å². The highest BCUT2D eigenvalue weighted by Crippen LogP contribution is 2.05. The maximum absolute atomic E-state index is 12.7. The molecule has 10 N–H and O–H groups in total. The van der Waals surface area contributed by atoms with Gasteiger partial charge in [-0.3, -0.25) is 24.2 Å². The summed E-state index contributed by atoms with van der Waals surface area (Å²) in [6.45, 7) is 3.10. The average Bonchev–Trinajstić information content (AvgIpc) is 2.76. The molecule has 0 heterocycles. The Kier molecular flexibility index (Phi) is 11.3. The van der Waals surface area contributed by atoms with Gasteiger partial charge < -0.3 is 38.3 Å². The summed E-state index contributed by atoms with van der Waals surface area (Å²) in [5.74, 6) is -3.06. The molecule has 0 fully saturated rings. The van der Waals surface area contributed by atoms with Crippen LogP contribution in [0.5, 0.6) is 0 Å². The summed E-state index contributed by atoms with van der Waals surface area (Å²) < 4.78 is 0. The molecule has 1 rings (SSSR count). The van der Waals surface area contributed by atoms with Gasteiger partial charge in [-0.25, -0.2) is 0 Å². The minimum absolute atomic E-state index is 0.0508. The molecule has 0 radical (unpaired) electrons. The normalized spacial score (nSPS) is 14.2. The molecule has 4 atom stereocenters. The highest BCUT2D eigenvalue weighted by Gasteiger charge is 2.27. The number of nitrogens with one attached hydrogen (secondary N) is 3. The molecule has 1 aromatic rings. The van der Waals surface area contributed by atoms with Crippen molar-refractivity contribution in [2.24, 2.45) is 22.2 Å². The molecular formula is C21H33N7O5. The Balaban J connectivity index is 2.73. The molecule has 3 amide bonds. The molecule has 0 bridgehead atoms. The Morgan fingerprint density at radius 3 is 2.12 bits per heavy atom. The first-order chi connectivity index (χ1) is 15.5. The molecule has 182 valence electrons. The Bertz CT molecular complexity index is 843. The number of nitrogens with zero attached hydrogens (tertiary/aromatic N) is 1. The number of rotatable bonds is 13. The van der Waals surface area contributed by atoms with Crippen LogP contribution in [0, 0.1) is 0 Å². The van der Waals surface area contributed by atoms with Crippen molar-refractivity contribution in [1.82, 2.24) is 16.0 Å². The third-order valence-corrected chi connectivity index (χ3v) is 4.70. The lowest BCUT2D eigenvalue weighted by Crippen LogP contribution is -2.56. The van der Waals surface area contributed by atoms with Crippen LogP contribution in [-0.2, 0) is 25.6 Å². The molecule has 0 saturated carbocycles. The molecule has 0 aliphatic rings. The van der Waals surface area contributed by atoms with Crippen molar-refractivity contribution in [3.8, 4) is 0 Å². The second-order valence-corrected chi connectivity index (χ2v) is 7.60. The molecule has 12 nitrogen and oxygen atoms in total. The number of benzene rings is 1. The van der Waals surface area contributed by atoms with Gasteiger partial charge in [-0.2, -0.15) is 0 Å². The fourth-order valence-electron chi connectivity index (χ4n) is 2.77. The van der Waals surface area contributed by atoms with E-state index >= 15 is 0 Å². The Labute approximate surface area is 192 Å². The lowest BCUT2D eigenvalue weighted by atomic mass is 10.0. The third-order valence-electron chi connectivity index (χ3n) is 4.70. The van der Waals surface area contributed by atoms with Crippen molar-refractivity contribution < 1.29 is 24.3 Å². The molecule has 0 spiro atoms. The smallest absolute Gasteiger partial charge is 0.325 e. The maximum atomic E-state index is 12.7. The van der Waals surface area contributed by atoms with Crippen LogP contribution < -0.4 is 33.2 Å². The molecule has 0 saturated heterocycles. The predicted molar refractivity (Wildman–Crippen MR) is 123 cm³/mol. The molecule has 0 aliphatic carbocycles. The monoisotopic (exact) mass is 463 g/mol. The number of aliphatic carboxylic acids is 1. The number of nitrogens with two attached hydrogens (primary N) is 3. The molecule has 0 aromatic heterocycles. The first kappa shape index (κ1) is 27.4. The van der Waals surface area contributed by atoms with Gasteiger partial charge in [0.1, 0.15) is 18.1 Å². The van der Waals surface area contributed by atoms with Crippen molar-refractivity contribution in [2.45, 2.75) is 57.3 Å². The van der Waals surface area contributed by atoms with E-state index in [0.717, 1.165) is 5.56 Å². The van der Waals surface area contributed by atoms with E-state index in [0.29, 0.717) is 19.4 Å². The summed E-state index contributed by atoms with van der Waals surface area (Å²) in [5.41, 5.74) is 17.1. The fraction of sp³-hybridized carbons (Fsp3) is 0.476. The lowest BCUT2D eigenvalue weighted by molar-refractivity contribution is -0.141. The van der Waals surface area contributed by atoms with Gasteiger partial charge in [-0.1, -0.05) is 30.3 Å². The van der Waals surface area contributed by atoms with Crippen LogP contribution in [0.3, 0.4) is 0 Å². The Hall–Kier alpha value is -3.67. The zero-order chi connectivity index (χ0) is 25.0. The number of carbonyl (C=O) groups is 4. The zero-order valence-corrected chi connectivity index (χ0v) is 18.8.